The van der Waals surface area contributed by atoms with Crippen LogP contribution in [-0.2, 0) is 0 Å². The molecule has 0 atom stereocenters. The molecular weight excluding hydrogens is 268 g/mol. The van der Waals surface area contributed by atoms with Crippen LogP contribution in [0.5, 0.6) is 11.5 Å². The number of nitrogens with zero attached hydrogens (tertiary/aromatic N) is 4. The standard InChI is InChI=1S/C12H7ClN4O2/c13-10-4-14-5-11-15-16-12(17(10)11)7-1-2-8-9(3-7)19-6-18-8/h1-5H,6H2. The van der Waals surface area contributed by atoms with Gasteiger partial charge in [0.05, 0.1) is 12.4 Å². The molecule has 7 heteroatoms. The minimum atomic E-state index is 0.240. The van der Waals surface area contributed by atoms with Crippen molar-refractivity contribution in [3.8, 4) is 22.9 Å². The Hall–Kier alpha value is -2.34. The third-order valence-electron chi connectivity index (χ3n) is 2.90. The van der Waals surface area contributed by atoms with E-state index in [1.807, 2.05) is 18.2 Å². The Bertz CT molecular complexity index is 786. The van der Waals surface area contributed by atoms with Gasteiger partial charge in [-0.25, -0.2) is 0 Å². The van der Waals surface area contributed by atoms with Gasteiger partial charge in [-0.05, 0) is 18.2 Å². The van der Waals surface area contributed by atoms with E-state index < -0.39 is 0 Å². The van der Waals surface area contributed by atoms with Crippen LogP contribution in [0.25, 0.3) is 17.0 Å². The van der Waals surface area contributed by atoms with Crippen LogP contribution >= 0.6 is 11.6 Å². The van der Waals surface area contributed by atoms with Crippen molar-refractivity contribution in [2.24, 2.45) is 0 Å². The van der Waals surface area contributed by atoms with Gasteiger partial charge >= 0.3 is 0 Å². The van der Waals surface area contributed by atoms with Crippen molar-refractivity contribution < 1.29 is 9.47 Å². The first-order valence-corrected chi connectivity index (χ1v) is 5.95. The number of benzene rings is 1. The van der Waals surface area contributed by atoms with E-state index in [1.165, 1.54) is 0 Å². The van der Waals surface area contributed by atoms with E-state index >= 15 is 0 Å². The monoisotopic (exact) mass is 274 g/mol. The number of fused-ring (bicyclic) bond motifs is 2. The van der Waals surface area contributed by atoms with Gasteiger partial charge in [-0.15, -0.1) is 10.2 Å². The topological polar surface area (TPSA) is 61.5 Å². The van der Waals surface area contributed by atoms with Crippen LogP contribution in [0.3, 0.4) is 0 Å². The summed E-state index contributed by atoms with van der Waals surface area (Å²) in [4.78, 5) is 3.98. The molecule has 4 rings (SSSR count). The molecular formula is C12H7ClN4O2. The van der Waals surface area contributed by atoms with Crippen LogP contribution in [0, 0.1) is 0 Å². The molecule has 0 amide bonds. The van der Waals surface area contributed by atoms with Crippen LogP contribution in [0.15, 0.2) is 30.6 Å². The molecule has 6 nitrogen and oxygen atoms in total. The average Bonchev–Trinajstić information content (AvgIpc) is 3.04. The zero-order valence-corrected chi connectivity index (χ0v) is 10.3. The van der Waals surface area contributed by atoms with E-state index in [0.29, 0.717) is 22.4 Å². The summed E-state index contributed by atoms with van der Waals surface area (Å²) in [7, 11) is 0. The number of halogens is 1. The molecule has 2 aromatic heterocycles. The molecule has 1 aliphatic heterocycles. The van der Waals surface area contributed by atoms with Crippen molar-refractivity contribution in [1.29, 1.82) is 0 Å². The number of aromatic nitrogens is 4. The Morgan fingerprint density at radius 3 is 2.95 bits per heavy atom. The largest absolute Gasteiger partial charge is 0.454 e. The second-order valence-corrected chi connectivity index (χ2v) is 4.40. The lowest BCUT2D eigenvalue weighted by Gasteiger charge is -2.03. The lowest BCUT2D eigenvalue weighted by atomic mass is 10.2. The highest BCUT2D eigenvalue weighted by Gasteiger charge is 2.17. The maximum absolute atomic E-state index is 6.14. The Labute approximate surface area is 112 Å². The van der Waals surface area contributed by atoms with Gasteiger partial charge in [0.15, 0.2) is 23.0 Å². The summed E-state index contributed by atoms with van der Waals surface area (Å²) in [5.41, 5.74) is 1.45. The predicted octanol–water partition coefficient (Wildman–Crippen LogP) is 2.17. The Morgan fingerprint density at radius 1 is 1.11 bits per heavy atom. The van der Waals surface area contributed by atoms with Crippen LogP contribution in [0.2, 0.25) is 5.15 Å². The van der Waals surface area contributed by atoms with Gasteiger partial charge in [0, 0.05) is 5.56 Å². The normalized spacial score (nSPS) is 13.1. The summed E-state index contributed by atoms with van der Waals surface area (Å²) in [6.45, 7) is 0.240. The Morgan fingerprint density at radius 2 is 2.00 bits per heavy atom. The number of ether oxygens (including phenoxy) is 2. The van der Waals surface area contributed by atoms with Gasteiger partial charge in [0.2, 0.25) is 6.79 Å². The molecule has 0 aliphatic carbocycles. The highest BCUT2D eigenvalue weighted by atomic mass is 35.5. The van der Waals surface area contributed by atoms with Crippen molar-refractivity contribution >= 4 is 17.2 Å². The minimum absolute atomic E-state index is 0.240. The molecule has 3 aromatic rings. The summed E-state index contributed by atoms with van der Waals surface area (Å²) in [6, 6.07) is 5.59. The molecule has 0 spiro atoms. The van der Waals surface area contributed by atoms with Crippen LogP contribution in [-0.4, -0.2) is 26.4 Å². The van der Waals surface area contributed by atoms with E-state index in [9.17, 15) is 0 Å². The van der Waals surface area contributed by atoms with E-state index in [4.69, 9.17) is 21.1 Å². The zero-order chi connectivity index (χ0) is 12.8. The molecule has 1 aromatic carbocycles. The number of hydrogen-bond donors (Lipinski definition) is 0. The van der Waals surface area contributed by atoms with Crippen molar-refractivity contribution in [3.05, 3.63) is 35.7 Å². The van der Waals surface area contributed by atoms with Gasteiger partial charge in [0.25, 0.3) is 0 Å². The van der Waals surface area contributed by atoms with Gasteiger partial charge in [-0.2, -0.15) is 0 Å². The molecule has 0 N–H and O–H groups in total. The summed E-state index contributed by atoms with van der Waals surface area (Å²) in [5, 5.41) is 8.64. The van der Waals surface area contributed by atoms with E-state index in [-0.39, 0.29) is 6.79 Å². The van der Waals surface area contributed by atoms with Gasteiger partial charge in [-0.1, -0.05) is 11.6 Å². The first-order valence-electron chi connectivity index (χ1n) is 5.57. The molecule has 0 bridgehead atoms. The number of hydrogen-bond acceptors (Lipinski definition) is 5. The highest BCUT2D eigenvalue weighted by Crippen LogP contribution is 2.35. The quantitative estimate of drug-likeness (QED) is 0.680. The third-order valence-corrected chi connectivity index (χ3v) is 3.17. The molecule has 0 fully saturated rings. The third kappa shape index (κ3) is 1.53. The van der Waals surface area contributed by atoms with E-state index in [0.717, 1.165) is 11.3 Å². The fraction of sp³-hybridized carbons (Fsp3) is 0.0833. The maximum atomic E-state index is 6.14. The fourth-order valence-electron chi connectivity index (χ4n) is 2.04. The van der Waals surface area contributed by atoms with E-state index in [2.05, 4.69) is 15.2 Å². The maximum Gasteiger partial charge on any atom is 0.231 e. The second kappa shape index (κ2) is 3.83. The van der Waals surface area contributed by atoms with Crippen molar-refractivity contribution in [2.75, 3.05) is 6.79 Å². The molecule has 0 radical (unpaired) electrons. The van der Waals surface area contributed by atoms with Crippen molar-refractivity contribution in [1.82, 2.24) is 19.6 Å². The molecule has 1 aliphatic rings. The van der Waals surface area contributed by atoms with Crippen molar-refractivity contribution in [2.45, 2.75) is 0 Å². The van der Waals surface area contributed by atoms with Gasteiger partial charge < -0.3 is 9.47 Å². The second-order valence-electron chi connectivity index (χ2n) is 4.02. The molecule has 0 saturated carbocycles. The van der Waals surface area contributed by atoms with E-state index in [1.54, 1.807) is 16.8 Å². The molecule has 94 valence electrons. The first kappa shape index (κ1) is 10.6. The predicted molar refractivity (Wildman–Crippen MR) is 67.4 cm³/mol. The van der Waals surface area contributed by atoms with Crippen molar-refractivity contribution in [3.63, 3.8) is 0 Å². The smallest absolute Gasteiger partial charge is 0.231 e. The molecule has 0 saturated heterocycles. The summed E-state index contributed by atoms with van der Waals surface area (Å²) in [6.07, 6.45) is 3.16. The van der Waals surface area contributed by atoms with Crippen LogP contribution in [0.4, 0.5) is 0 Å². The number of rotatable bonds is 1. The zero-order valence-electron chi connectivity index (χ0n) is 9.58. The van der Waals surface area contributed by atoms with Crippen LogP contribution in [0.1, 0.15) is 0 Å². The Balaban J connectivity index is 1.95. The Kier molecular flexibility index (Phi) is 2.13. The molecule has 19 heavy (non-hydrogen) atoms. The highest BCUT2D eigenvalue weighted by molar-refractivity contribution is 6.29. The lowest BCUT2D eigenvalue weighted by Crippen LogP contribution is -1.93. The van der Waals surface area contributed by atoms with Gasteiger partial charge in [0.1, 0.15) is 5.15 Å². The molecule has 0 unspecified atom stereocenters. The lowest BCUT2D eigenvalue weighted by molar-refractivity contribution is 0.174. The summed E-state index contributed by atoms with van der Waals surface area (Å²) in [5.74, 6) is 2.06. The van der Waals surface area contributed by atoms with Crippen LogP contribution < -0.4 is 9.47 Å². The summed E-state index contributed by atoms with van der Waals surface area (Å²) >= 11 is 6.14. The fourth-order valence-corrected chi connectivity index (χ4v) is 2.26. The average molecular weight is 275 g/mol. The SMILES string of the molecule is Clc1cncc2nnc(-c3ccc4c(c3)OCO4)n12. The summed E-state index contributed by atoms with van der Waals surface area (Å²) < 4.78 is 12.4. The first-order chi connectivity index (χ1) is 9.33. The molecule has 3 heterocycles. The van der Waals surface area contributed by atoms with Gasteiger partial charge in [-0.3, -0.25) is 9.38 Å². The minimum Gasteiger partial charge on any atom is -0.454 e.